The Hall–Kier alpha value is -3.41. The minimum absolute atomic E-state index is 0.0786. The first-order valence-corrected chi connectivity index (χ1v) is 36.1. The molecule has 0 aliphatic rings. The maximum absolute atomic E-state index is 13.0. The molecule has 0 aromatic heterocycles. The molecule has 1 atom stereocenters. The van der Waals surface area contributed by atoms with Gasteiger partial charge in [0.25, 0.3) is 0 Å². The summed E-state index contributed by atoms with van der Waals surface area (Å²) in [5, 5.41) is 0. The molecule has 0 aliphatic carbocycles. The zero-order chi connectivity index (χ0) is 59.9. The highest BCUT2D eigenvalue weighted by Crippen LogP contribution is 2.18. The van der Waals surface area contributed by atoms with E-state index in [1.54, 1.807) is 0 Å². The van der Waals surface area contributed by atoms with Crippen molar-refractivity contribution in [2.24, 2.45) is 0 Å². The summed E-state index contributed by atoms with van der Waals surface area (Å²) in [6.07, 6.45) is 94.7. The Bertz CT molecular complexity index is 1570. The molecule has 0 spiro atoms. The number of ether oxygens (including phenoxy) is 3. The lowest BCUT2D eigenvalue weighted by Gasteiger charge is -2.18. The van der Waals surface area contributed by atoms with Gasteiger partial charge in [0.1, 0.15) is 13.2 Å². The molecule has 0 amide bonds. The molecule has 0 bridgehead atoms. The van der Waals surface area contributed by atoms with E-state index in [2.05, 4.69) is 106 Å². The van der Waals surface area contributed by atoms with Gasteiger partial charge in [-0.15, -0.1) is 0 Å². The van der Waals surface area contributed by atoms with Crippen LogP contribution in [0.5, 0.6) is 0 Å². The van der Waals surface area contributed by atoms with Crippen LogP contribution in [0.3, 0.4) is 0 Å². The van der Waals surface area contributed by atoms with Crippen molar-refractivity contribution in [3.05, 3.63) is 85.1 Å². The Morgan fingerprint density at radius 1 is 0.253 bits per heavy atom. The Balaban J connectivity index is 4.28. The lowest BCUT2D eigenvalue weighted by molar-refractivity contribution is -0.167. The molecule has 0 fully saturated rings. The van der Waals surface area contributed by atoms with Crippen LogP contribution in [-0.2, 0) is 28.6 Å². The first-order valence-electron chi connectivity index (χ1n) is 36.1. The van der Waals surface area contributed by atoms with Crippen molar-refractivity contribution in [3.8, 4) is 0 Å². The molecule has 0 saturated carbocycles. The number of allylic oxidation sites excluding steroid dienone is 14. The summed E-state index contributed by atoms with van der Waals surface area (Å²) in [4.78, 5) is 38.5. The third kappa shape index (κ3) is 69.3. The van der Waals surface area contributed by atoms with Crippen LogP contribution in [-0.4, -0.2) is 37.2 Å². The van der Waals surface area contributed by atoms with Crippen LogP contribution in [0.4, 0.5) is 0 Å². The molecule has 0 aliphatic heterocycles. The Morgan fingerprint density at radius 3 is 0.759 bits per heavy atom. The third-order valence-electron chi connectivity index (χ3n) is 15.9. The first-order chi connectivity index (χ1) is 41.0. The van der Waals surface area contributed by atoms with E-state index in [1.807, 2.05) is 0 Å². The zero-order valence-electron chi connectivity index (χ0n) is 55.2. The van der Waals surface area contributed by atoms with E-state index in [-0.39, 0.29) is 31.1 Å². The number of esters is 3. The van der Waals surface area contributed by atoms with Gasteiger partial charge in [-0.05, 0) is 116 Å². The predicted octanol–water partition coefficient (Wildman–Crippen LogP) is 25.0. The van der Waals surface area contributed by atoms with Crippen molar-refractivity contribution in [2.75, 3.05) is 13.2 Å². The topological polar surface area (TPSA) is 78.9 Å². The molecule has 83 heavy (non-hydrogen) atoms. The van der Waals surface area contributed by atoms with Crippen molar-refractivity contribution in [1.82, 2.24) is 0 Å². The summed E-state index contributed by atoms with van der Waals surface area (Å²) in [6, 6.07) is 0. The fourth-order valence-corrected chi connectivity index (χ4v) is 10.5. The van der Waals surface area contributed by atoms with Crippen molar-refractivity contribution in [1.29, 1.82) is 0 Å². The smallest absolute Gasteiger partial charge is 0.306 e. The lowest BCUT2D eigenvalue weighted by Crippen LogP contribution is -2.30. The fraction of sp³-hybridized carbons (Fsp3) is 0.779. The van der Waals surface area contributed by atoms with Gasteiger partial charge in [-0.3, -0.25) is 14.4 Å². The average Bonchev–Trinajstić information content (AvgIpc) is 3.50. The van der Waals surface area contributed by atoms with Crippen LogP contribution in [0.15, 0.2) is 85.1 Å². The van der Waals surface area contributed by atoms with Crippen LogP contribution < -0.4 is 0 Å². The van der Waals surface area contributed by atoms with Crippen molar-refractivity contribution in [2.45, 2.75) is 374 Å². The quantitative estimate of drug-likeness (QED) is 0.0261. The second kappa shape index (κ2) is 71.1. The molecule has 0 aromatic carbocycles. The van der Waals surface area contributed by atoms with Gasteiger partial charge in [0, 0.05) is 19.3 Å². The first kappa shape index (κ1) is 79.6. The molecular formula is C77H136O6. The minimum atomic E-state index is -0.785. The number of carbonyl (C=O) groups excluding carboxylic acids is 3. The lowest BCUT2D eigenvalue weighted by atomic mass is 10.0. The van der Waals surface area contributed by atoms with Gasteiger partial charge in [0.05, 0.1) is 0 Å². The maximum atomic E-state index is 13.0. The number of carbonyl (C=O) groups is 3. The normalized spacial score (nSPS) is 12.6. The van der Waals surface area contributed by atoms with E-state index in [0.29, 0.717) is 19.3 Å². The Kier molecular flexibility index (Phi) is 68.2. The van der Waals surface area contributed by atoms with Crippen molar-refractivity contribution < 1.29 is 28.6 Å². The summed E-state index contributed by atoms with van der Waals surface area (Å²) in [6.45, 7) is 6.53. The van der Waals surface area contributed by atoms with E-state index < -0.39 is 6.10 Å². The molecule has 0 radical (unpaired) electrons. The van der Waals surface area contributed by atoms with Crippen molar-refractivity contribution in [3.63, 3.8) is 0 Å². The van der Waals surface area contributed by atoms with Crippen LogP contribution >= 0.6 is 0 Å². The van der Waals surface area contributed by atoms with Crippen LogP contribution in [0.2, 0.25) is 0 Å². The van der Waals surface area contributed by atoms with Crippen LogP contribution in [0.1, 0.15) is 367 Å². The van der Waals surface area contributed by atoms with Gasteiger partial charge in [-0.2, -0.15) is 0 Å². The van der Waals surface area contributed by atoms with E-state index in [4.69, 9.17) is 14.2 Å². The van der Waals surface area contributed by atoms with Gasteiger partial charge in [0.15, 0.2) is 6.10 Å². The summed E-state index contributed by atoms with van der Waals surface area (Å²) >= 11 is 0. The van der Waals surface area contributed by atoms with E-state index in [9.17, 15) is 14.4 Å². The Morgan fingerprint density at radius 2 is 0.470 bits per heavy atom. The van der Waals surface area contributed by atoms with Crippen LogP contribution in [0, 0.1) is 0 Å². The highest BCUT2D eigenvalue weighted by molar-refractivity contribution is 5.71. The van der Waals surface area contributed by atoms with Gasteiger partial charge < -0.3 is 14.2 Å². The summed E-state index contributed by atoms with van der Waals surface area (Å²) in [7, 11) is 0. The highest BCUT2D eigenvalue weighted by Gasteiger charge is 2.19. The summed E-state index contributed by atoms with van der Waals surface area (Å²) in [5.74, 6) is -0.873. The van der Waals surface area contributed by atoms with Crippen LogP contribution in [0.25, 0.3) is 0 Å². The standard InChI is InChI=1S/C77H136O6/c1-4-7-10-13-16-19-22-25-28-31-33-34-35-36-37-38-39-40-41-42-44-46-49-52-55-58-61-64-67-70-76(79)82-73-74(72-81-75(78)69-66-63-60-57-54-51-48-45-30-27-24-21-18-15-12-9-6-3)83-77(80)71-68-65-62-59-56-53-50-47-43-32-29-26-23-20-17-14-11-8-5-2/h9,12,17-18,20-22,25-27,29-31,33,74H,4-8,10-11,13-16,19,23-24,28,32,34-73H2,1-3H3/b12-9-,20-17-,21-18-,25-22-,29-26-,30-27-,33-31-. The predicted molar refractivity (Wildman–Crippen MR) is 362 cm³/mol. The number of rotatable bonds is 66. The Labute approximate surface area is 515 Å². The van der Waals surface area contributed by atoms with Gasteiger partial charge >= 0.3 is 17.9 Å². The number of unbranched alkanes of at least 4 members (excludes halogenated alkanes) is 41. The molecule has 1 unspecified atom stereocenters. The van der Waals surface area contributed by atoms with E-state index in [1.165, 1.54) is 231 Å². The molecule has 0 N–H and O–H groups in total. The zero-order valence-corrected chi connectivity index (χ0v) is 55.2. The molecular weight excluding hydrogens is 1020 g/mol. The maximum Gasteiger partial charge on any atom is 0.306 e. The average molecular weight is 1160 g/mol. The molecule has 6 nitrogen and oxygen atoms in total. The van der Waals surface area contributed by atoms with Gasteiger partial charge in [0.2, 0.25) is 0 Å². The molecule has 0 saturated heterocycles. The minimum Gasteiger partial charge on any atom is -0.462 e. The largest absolute Gasteiger partial charge is 0.462 e. The second-order valence-electron chi connectivity index (χ2n) is 24.1. The SMILES string of the molecule is CC/C=C\C/C=C\C/C=C\CCCCCCCCCC(=O)OCC(COC(=O)CCCCCCCCCCCCCCCCCCC/C=C\C/C=C\CCCCCCC)OC(=O)CCCCCCCCCCC/C=C\C/C=C\CCCCC. The number of hydrogen-bond donors (Lipinski definition) is 0. The molecule has 6 heteroatoms. The monoisotopic (exact) mass is 1160 g/mol. The fourth-order valence-electron chi connectivity index (χ4n) is 10.5. The van der Waals surface area contributed by atoms with E-state index >= 15 is 0 Å². The molecule has 0 heterocycles. The number of hydrogen-bond acceptors (Lipinski definition) is 6. The summed E-state index contributed by atoms with van der Waals surface area (Å²) in [5.41, 5.74) is 0. The van der Waals surface area contributed by atoms with E-state index in [0.717, 1.165) is 96.3 Å². The third-order valence-corrected chi connectivity index (χ3v) is 15.9. The highest BCUT2D eigenvalue weighted by atomic mass is 16.6. The molecule has 0 rings (SSSR count). The molecule has 480 valence electrons. The molecule has 0 aromatic rings. The van der Waals surface area contributed by atoms with Gasteiger partial charge in [-0.25, -0.2) is 0 Å². The summed E-state index contributed by atoms with van der Waals surface area (Å²) < 4.78 is 17.0. The van der Waals surface area contributed by atoms with Crippen molar-refractivity contribution >= 4 is 17.9 Å². The van der Waals surface area contributed by atoms with Gasteiger partial charge in [-0.1, -0.05) is 318 Å². The second-order valence-corrected chi connectivity index (χ2v) is 24.1.